The maximum atomic E-state index is 12.2. The Kier molecular flexibility index (Phi) is 7.58. The minimum atomic E-state index is -0.216. The molecule has 0 spiro atoms. The molecule has 0 heterocycles. The average molecular weight is 379 g/mol. The van der Waals surface area contributed by atoms with Crippen LogP contribution < -0.4 is 11.1 Å². The molecule has 1 fully saturated rings. The molecular weight excluding hydrogens is 347 g/mol. The Morgan fingerprint density at radius 2 is 1.61 bits per heavy atom. The molecule has 2 nitrogen and oxygen atoms in total. The molecule has 3 heteroatoms. The molecule has 1 aliphatic carbocycles. The Balaban J connectivity index is 0.000000211. The molecular formula is C25H31FN2. The van der Waals surface area contributed by atoms with Crippen molar-refractivity contribution in [1.82, 2.24) is 5.32 Å². The minimum absolute atomic E-state index is 0.216. The van der Waals surface area contributed by atoms with Crippen molar-refractivity contribution in [3.8, 4) is 0 Å². The lowest BCUT2D eigenvalue weighted by Gasteiger charge is -2.27. The van der Waals surface area contributed by atoms with Crippen molar-refractivity contribution in [2.45, 2.75) is 57.7 Å². The van der Waals surface area contributed by atoms with Crippen molar-refractivity contribution in [3.63, 3.8) is 0 Å². The van der Waals surface area contributed by atoms with Crippen molar-refractivity contribution >= 4 is 10.8 Å². The standard InChI is InChI=1S/C18H23N.C7H8FN/c1-14(19-16-10-3-2-4-11-16)17-13-7-9-15-8-5-6-12-18(15)17;8-7-3-1-6(5-9)2-4-7/h5-9,12-14,16,19H,2-4,10-11H2,1H3;1-4H,5,9H2. The van der Waals surface area contributed by atoms with Crippen LogP contribution in [0.1, 0.15) is 56.2 Å². The fraction of sp³-hybridized carbons (Fsp3) is 0.360. The fourth-order valence-electron chi connectivity index (χ4n) is 3.96. The summed E-state index contributed by atoms with van der Waals surface area (Å²) in [5.41, 5.74) is 7.67. The molecule has 0 aromatic heterocycles. The van der Waals surface area contributed by atoms with Crippen molar-refractivity contribution in [3.05, 3.63) is 83.7 Å². The van der Waals surface area contributed by atoms with Gasteiger partial charge >= 0.3 is 0 Å². The van der Waals surface area contributed by atoms with Gasteiger partial charge in [0.25, 0.3) is 0 Å². The zero-order valence-corrected chi connectivity index (χ0v) is 16.7. The van der Waals surface area contributed by atoms with Crippen LogP contribution in [0.25, 0.3) is 10.8 Å². The van der Waals surface area contributed by atoms with E-state index >= 15 is 0 Å². The molecule has 0 saturated heterocycles. The fourth-order valence-corrected chi connectivity index (χ4v) is 3.96. The third kappa shape index (κ3) is 5.63. The van der Waals surface area contributed by atoms with Crippen LogP contribution in [0.4, 0.5) is 4.39 Å². The lowest BCUT2D eigenvalue weighted by molar-refractivity contribution is 0.347. The van der Waals surface area contributed by atoms with Gasteiger partial charge in [0, 0.05) is 18.6 Å². The summed E-state index contributed by atoms with van der Waals surface area (Å²) in [7, 11) is 0. The Labute approximate surface area is 168 Å². The number of halogens is 1. The maximum Gasteiger partial charge on any atom is 0.123 e. The second kappa shape index (κ2) is 10.4. The van der Waals surface area contributed by atoms with Crippen LogP contribution in [0.3, 0.4) is 0 Å². The third-order valence-corrected chi connectivity index (χ3v) is 5.53. The number of nitrogens with one attached hydrogen (secondary N) is 1. The Bertz CT molecular complexity index is 849. The Morgan fingerprint density at radius 1 is 0.929 bits per heavy atom. The highest BCUT2D eigenvalue weighted by Gasteiger charge is 2.17. The molecule has 0 bridgehead atoms. The molecule has 0 radical (unpaired) electrons. The molecule has 1 atom stereocenters. The van der Waals surface area contributed by atoms with Crippen LogP contribution in [0.2, 0.25) is 0 Å². The van der Waals surface area contributed by atoms with E-state index < -0.39 is 0 Å². The first-order valence-corrected chi connectivity index (χ1v) is 10.4. The van der Waals surface area contributed by atoms with Crippen molar-refractivity contribution in [2.75, 3.05) is 0 Å². The summed E-state index contributed by atoms with van der Waals surface area (Å²) in [6.45, 7) is 2.77. The van der Waals surface area contributed by atoms with E-state index in [2.05, 4.69) is 54.7 Å². The highest BCUT2D eigenvalue weighted by molar-refractivity contribution is 5.86. The van der Waals surface area contributed by atoms with Crippen molar-refractivity contribution < 1.29 is 4.39 Å². The number of nitrogens with two attached hydrogens (primary N) is 1. The van der Waals surface area contributed by atoms with Crippen LogP contribution >= 0.6 is 0 Å². The number of hydrogen-bond donors (Lipinski definition) is 2. The second-order valence-corrected chi connectivity index (χ2v) is 7.62. The van der Waals surface area contributed by atoms with Crippen LogP contribution in [-0.4, -0.2) is 6.04 Å². The second-order valence-electron chi connectivity index (χ2n) is 7.62. The topological polar surface area (TPSA) is 38.0 Å². The van der Waals surface area contributed by atoms with Gasteiger partial charge in [-0.25, -0.2) is 4.39 Å². The van der Waals surface area contributed by atoms with Crippen molar-refractivity contribution in [1.29, 1.82) is 0 Å². The van der Waals surface area contributed by atoms with E-state index in [1.54, 1.807) is 12.1 Å². The smallest absolute Gasteiger partial charge is 0.123 e. The predicted molar refractivity (Wildman–Crippen MR) is 117 cm³/mol. The van der Waals surface area contributed by atoms with Crippen LogP contribution in [-0.2, 0) is 6.54 Å². The number of benzene rings is 3. The van der Waals surface area contributed by atoms with Crippen LogP contribution in [0, 0.1) is 5.82 Å². The summed E-state index contributed by atoms with van der Waals surface area (Å²) in [6, 6.07) is 22.7. The molecule has 28 heavy (non-hydrogen) atoms. The highest BCUT2D eigenvalue weighted by Crippen LogP contribution is 2.26. The van der Waals surface area contributed by atoms with E-state index in [-0.39, 0.29) is 5.82 Å². The van der Waals surface area contributed by atoms with E-state index in [9.17, 15) is 4.39 Å². The van der Waals surface area contributed by atoms with Gasteiger partial charge < -0.3 is 11.1 Å². The maximum absolute atomic E-state index is 12.2. The van der Waals surface area contributed by atoms with Crippen LogP contribution in [0.15, 0.2) is 66.7 Å². The monoisotopic (exact) mass is 378 g/mol. The molecule has 0 aliphatic heterocycles. The molecule has 0 amide bonds. The average Bonchev–Trinajstić information content (AvgIpc) is 2.75. The Hall–Kier alpha value is -2.23. The van der Waals surface area contributed by atoms with Gasteiger partial charge in [0.15, 0.2) is 0 Å². The van der Waals surface area contributed by atoms with Gasteiger partial charge in [-0.05, 0) is 53.8 Å². The van der Waals surface area contributed by atoms with Gasteiger partial charge in [-0.1, -0.05) is 73.9 Å². The highest BCUT2D eigenvalue weighted by atomic mass is 19.1. The van der Waals surface area contributed by atoms with Gasteiger partial charge in [-0.2, -0.15) is 0 Å². The van der Waals surface area contributed by atoms with E-state index in [0.29, 0.717) is 18.6 Å². The summed E-state index contributed by atoms with van der Waals surface area (Å²) in [4.78, 5) is 0. The molecule has 148 valence electrons. The minimum Gasteiger partial charge on any atom is -0.326 e. The molecule has 3 aromatic rings. The lowest BCUT2D eigenvalue weighted by Crippen LogP contribution is -2.33. The molecule has 3 aromatic carbocycles. The van der Waals surface area contributed by atoms with E-state index in [1.807, 2.05) is 0 Å². The SMILES string of the molecule is CC(NC1CCCCC1)c1cccc2ccccc12.NCc1ccc(F)cc1. The zero-order valence-electron chi connectivity index (χ0n) is 16.7. The summed E-state index contributed by atoms with van der Waals surface area (Å²) in [6.07, 6.45) is 6.88. The van der Waals surface area contributed by atoms with Crippen molar-refractivity contribution in [2.24, 2.45) is 5.73 Å². The number of rotatable bonds is 4. The number of hydrogen-bond acceptors (Lipinski definition) is 2. The molecule has 3 N–H and O–H groups in total. The summed E-state index contributed by atoms with van der Waals surface area (Å²) in [5, 5.41) is 6.56. The van der Waals surface area contributed by atoms with Gasteiger partial charge in [0.2, 0.25) is 0 Å². The number of fused-ring (bicyclic) bond motifs is 1. The first kappa shape index (κ1) is 20.5. The van der Waals surface area contributed by atoms with E-state index in [4.69, 9.17) is 5.73 Å². The largest absolute Gasteiger partial charge is 0.326 e. The zero-order chi connectivity index (χ0) is 19.8. The molecule has 1 unspecified atom stereocenters. The predicted octanol–water partition coefficient (Wildman–Crippen LogP) is 6.11. The van der Waals surface area contributed by atoms with Crippen LogP contribution in [0.5, 0.6) is 0 Å². The van der Waals surface area contributed by atoms with E-state index in [1.165, 1.54) is 60.6 Å². The normalized spacial score (nSPS) is 15.7. The Morgan fingerprint density at radius 3 is 2.32 bits per heavy atom. The van der Waals surface area contributed by atoms with Gasteiger partial charge in [0.1, 0.15) is 5.82 Å². The summed E-state index contributed by atoms with van der Waals surface area (Å²) in [5.74, 6) is -0.216. The van der Waals surface area contributed by atoms with Gasteiger partial charge in [0.05, 0.1) is 0 Å². The third-order valence-electron chi connectivity index (χ3n) is 5.53. The lowest BCUT2D eigenvalue weighted by atomic mass is 9.93. The summed E-state index contributed by atoms with van der Waals surface area (Å²) >= 11 is 0. The first-order valence-electron chi connectivity index (χ1n) is 10.4. The first-order chi connectivity index (χ1) is 13.7. The molecule has 4 rings (SSSR count). The van der Waals surface area contributed by atoms with Gasteiger partial charge in [-0.15, -0.1) is 0 Å². The van der Waals surface area contributed by atoms with E-state index in [0.717, 1.165) is 5.56 Å². The quantitative estimate of drug-likeness (QED) is 0.575. The molecule has 1 saturated carbocycles. The van der Waals surface area contributed by atoms with Gasteiger partial charge in [-0.3, -0.25) is 0 Å². The molecule has 1 aliphatic rings. The summed E-state index contributed by atoms with van der Waals surface area (Å²) < 4.78 is 12.2.